The van der Waals surface area contributed by atoms with Gasteiger partial charge in [0.1, 0.15) is 5.52 Å². The summed E-state index contributed by atoms with van der Waals surface area (Å²) < 4.78 is 40.1. The molecule has 2 N–H and O–H groups in total. The van der Waals surface area contributed by atoms with Crippen molar-refractivity contribution < 1.29 is 13.2 Å². The molecule has 0 unspecified atom stereocenters. The van der Waals surface area contributed by atoms with Gasteiger partial charge in [0.2, 0.25) is 5.95 Å². The molecule has 2 aromatic rings. The lowest BCUT2D eigenvalue weighted by atomic mass is 9.93. The largest absolute Gasteiger partial charge is 0.367 e. The van der Waals surface area contributed by atoms with E-state index in [1.807, 2.05) is 0 Å². The van der Waals surface area contributed by atoms with Crippen LogP contribution < -0.4 is 5.73 Å². The number of likely N-dealkylation sites (tertiary alicyclic amines) is 1. The van der Waals surface area contributed by atoms with Crippen molar-refractivity contribution >= 4 is 11.5 Å². The van der Waals surface area contributed by atoms with Gasteiger partial charge in [0.05, 0.1) is 12.7 Å². The second-order valence-corrected chi connectivity index (χ2v) is 5.30. The van der Waals surface area contributed by atoms with E-state index < -0.39 is 6.43 Å². The second kappa shape index (κ2) is 5.51. The summed E-state index contributed by atoms with van der Waals surface area (Å²) in [5, 5.41) is 4.05. The molecule has 0 bridgehead atoms. The van der Waals surface area contributed by atoms with E-state index in [0.717, 1.165) is 5.69 Å². The van der Waals surface area contributed by atoms with Crippen LogP contribution >= 0.6 is 0 Å². The summed E-state index contributed by atoms with van der Waals surface area (Å²) in [6.45, 7) is 0.944. The number of fused-ring (bicyclic) bond motifs is 1. The number of nitrogens with two attached hydrogens (primary N) is 1. The number of hydrogen-bond donors (Lipinski definition) is 1. The molecule has 0 atom stereocenters. The molecule has 8 heteroatoms. The van der Waals surface area contributed by atoms with E-state index in [-0.39, 0.29) is 29.7 Å². The van der Waals surface area contributed by atoms with Crippen molar-refractivity contribution in [3.8, 4) is 0 Å². The van der Waals surface area contributed by atoms with Crippen molar-refractivity contribution in [3.05, 3.63) is 23.8 Å². The summed E-state index contributed by atoms with van der Waals surface area (Å²) in [4.78, 5) is 5.52. The topological polar surface area (TPSA) is 59.5 Å². The van der Waals surface area contributed by atoms with Gasteiger partial charge in [-0.3, -0.25) is 4.90 Å². The number of rotatable bonds is 3. The van der Waals surface area contributed by atoms with Crippen LogP contribution in [0.1, 0.15) is 24.5 Å². The minimum Gasteiger partial charge on any atom is -0.367 e. The van der Waals surface area contributed by atoms with Crippen LogP contribution in [-0.4, -0.2) is 45.6 Å². The SMILES string of the molecule is Nc1ncc2c(F)cc(C3CCN(CC(F)F)CC3)n2n1. The van der Waals surface area contributed by atoms with Gasteiger partial charge < -0.3 is 5.73 Å². The summed E-state index contributed by atoms with van der Waals surface area (Å²) in [5.74, 6) is -0.222. The Morgan fingerprint density at radius 1 is 1.33 bits per heavy atom. The molecule has 0 aliphatic carbocycles. The van der Waals surface area contributed by atoms with E-state index in [1.165, 1.54) is 16.8 Å². The number of halogens is 3. The van der Waals surface area contributed by atoms with Crippen LogP contribution in [0.5, 0.6) is 0 Å². The fraction of sp³-hybridized carbons (Fsp3) is 0.538. The van der Waals surface area contributed by atoms with Crippen LogP contribution in [0.25, 0.3) is 5.52 Å². The average Bonchev–Trinajstić information content (AvgIpc) is 2.76. The fourth-order valence-electron chi connectivity index (χ4n) is 2.89. The van der Waals surface area contributed by atoms with E-state index in [4.69, 9.17) is 5.73 Å². The number of nitrogen functional groups attached to an aromatic ring is 1. The molecular formula is C13H16F3N5. The number of piperidine rings is 1. The van der Waals surface area contributed by atoms with Crippen molar-refractivity contribution in [1.29, 1.82) is 0 Å². The quantitative estimate of drug-likeness (QED) is 0.940. The van der Waals surface area contributed by atoms with Crippen molar-refractivity contribution in [2.24, 2.45) is 0 Å². The molecule has 1 fully saturated rings. The van der Waals surface area contributed by atoms with Crippen molar-refractivity contribution in [2.45, 2.75) is 25.2 Å². The highest BCUT2D eigenvalue weighted by molar-refractivity contribution is 5.50. The van der Waals surface area contributed by atoms with Gasteiger partial charge >= 0.3 is 0 Å². The first-order valence-electron chi connectivity index (χ1n) is 6.84. The third-order valence-electron chi connectivity index (χ3n) is 3.92. The lowest BCUT2D eigenvalue weighted by Gasteiger charge is -2.31. The lowest BCUT2D eigenvalue weighted by molar-refractivity contribution is 0.0751. The van der Waals surface area contributed by atoms with Gasteiger partial charge in [0.25, 0.3) is 6.43 Å². The fourth-order valence-corrected chi connectivity index (χ4v) is 2.89. The van der Waals surface area contributed by atoms with Crippen LogP contribution in [-0.2, 0) is 0 Å². The van der Waals surface area contributed by atoms with Crippen LogP contribution in [0.4, 0.5) is 19.1 Å². The maximum absolute atomic E-state index is 13.9. The molecule has 2 aromatic heterocycles. The third-order valence-corrected chi connectivity index (χ3v) is 3.92. The molecule has 3 heterocycles. The first-order chi connectivity index (χ1) is 10.0. The smallest absolute Gasteiger partial charge is 0.251 e. The summed E-state index contributed by atoms with van der Waals surface area (Å²) in [5.41, 5.74) is 6.57. The Hall–Kier alpha value is -1.83. The van der Waals surface area contributed by atoms with Gasteiger partial charge in [0.15, 0.2) is 5.82 Å². The second-order valence-electron chi connectivity index (χ2n) is 5.30. The lowest BCUT2D eigenvalue weighted by Crippen LogP contribution is -2.36. The number of hydrogen-bond acceptors (Lipinski definition) is 4. The van der Waals surface area contributed by atoms with Crippen molar-refractivity contribution in [1.82, 2.24) is 19.5 Å². The molecule has 0 aromatic carbocycles. The predicted molar refractivity (Wildman–Crippen MR) is 71.8 cm³/mol. The monoisotopic (exact) mass is 299 g/mol. The highest BCUT2D eigenvalue weighted by Gasteiger charge is 2.26. The molecule has 5 nitrogen and oxygen atoms in total. The van der Waals surface area contributed by atoms with E-state index in [0.29, 0.717) is 25.9 Å². The van der Waals surface area contributed by atoms with Crippen LogP contribution in [0.2, 0.25) is 0 Å². The van der Waals surface area contributed by atoms with Crippen molar-refractivity contribution in [3.63, 3.8) is 0 Å². The van der Waals surface area contributed by atoms with E-state index in [9.17, 15) is 13.2 Å². The first-order valence-corrected chi connectivity index (χ1v) is 6.84. The van der Waals surface area contributed by atoms with Gasteiger partial charge in [-0.05, 0) is 32.0 Å². The zero-order valence-electron chi connectivity index (χ0n) is 11.3. The normalized spacial score (nSPS) is 17.9. The predicted octanol–water partition coefficient (Wildman–Crippen LogP) is 1.90. The summed E-state index contributed by atoms with van der Waals surface area (Å²) in [7, 11) is 0. The molecule has 1 aliphatic rings. The molecular weight excluding hydrogens is 283 g/mol. The Kier molecular flexibility index (Phi) is 3.71. The molecule has 0 spiro atoms. The average molecular weight is 299 g/mol. The van der Waals surface area contributed by atoms with Crippen molar-refractivity contribution in [2.75, 3.05) is 25.4 Å². The standard InChI is InChI=1S/C13H16F3N5/c14-9-5-10(21-11(9)6-18-13(17)19-21)8-1-3-20(4-2-8)7-12(15)16/h5-6,8,12H,1-4,7H2,(H2,17,19). The molecule has 1 saturated heterocycles. The van der Waals surface area contributed by atoms with E-state index >= 15 is 0 Å². The van der Waals surface area contributed by atoms with Gasteiger partial charge in [-0.1, -0.05) is 0 Å². The van der Waals surface area contributed by atoms with Crippen LogP contribution in [0.15, 0.2) is 12.3 Å². The number of nitrogens with zero attached hydrogens (tertiary/aromatic N) is 4. The molecule has 21 heavy (non-hydrogen) atoms. The van der Waals surface area contributed by atoms with E-state index in [2.05, 4.69) is 10.1 Å². The van der Waals surface area contributed by atoms with Crippen LogP contribution in [0, 0.1) is 5.82 Å². The van der Waals surface area contributed by atoms with Crippen LogP contribution in [0.3, 0.4) is 0 Å². The van der Waals surface area contributed by atoms with Gasteiger partial charge in [-0.25, -0.2) is 22.7 Å². The first kappa shape index (κ1) is 14.1. The summed E-state index contributed by atoms with van der Waals surface area (Å²) in [6.07, 6.45) is 0.429. The zero-order chi connectivity index (χ0) is 15.0. The molecule has 0 amide bonds. The molecule has 0 radical (unpaired) electrons. The molecule has 3 rings (SSSR count). The van der Waals surface area contributed by atoms with Gasteiger partial charge in [-0.2, -0.15) is 0 Å². The Balaban J connectivity index is 1.81. The molecule has 1 aliphatic heterocycles. The highest BCUT2D eigenvalue weighted by Crippen LogP contribution is 2.30. The minimum atomic E-state index is -2.32. The number of aromatic nitrogens is 3. The Bertz CT molecular complexity index is 634. The van der Waals surface area contributed by atoms with Gasteiger partial charge in [-0.15, -0.1) is 5.10 Å². The Labute approximate surface area is 119 Å². The zero-order valence-corrected chi connectivity index (χ0v) is 11.3. The van der Waals surface area contributed by atoms with Gasteiger partial charge in [0, 0.05) is 11.6 Å². The molecule has 0 saturated carbocycles. The summed E-state index contributed by atoms with van der Waals surface area (Å²) >= 11 is 0. The Morgan fingerprint density at radius 3 is 2.71 bits per heavy atom. The Morgan fingerprint density at radius 2 is 2.05 bits per heavy atom. The highest BCUT2D eigenvalue weighted by atomic mass is 19.3. The molecule has 114 valence electrons. The van der Waals surface area contributed by atoms with E-state index in [1.54, 1.807) is 4.90 Å². The maximum Gasteiger partial charge on any atom is 0.251 e. The summed E-state index contributed by atoms with van der Waals surface area (Å²) in [6, 6.07) is 1.44. The minimum absolute atomic E-state index is 0.0782. The maximum atomic E-state index is 13.9. The number of anilines is 1. The third kappa shape index (κ3) is 2.80. The number of alkyl halides is 2.